The van der Waals surface area contributed by atoms with Gasteiger partial charge in [-0.1, -0.05) is 34.9 Å². The molecule has 0 fully saturated rings. The third kappa shape index (κ3) is 1.40. The van der Waals surface area contributed by atoms with Crippen LogP contribution in [0.25, 0.3) is 0 Å². The molecule has 1 aromatic heterocycles. The summed E-state index contributed by atoms with van der Waals surface area (Å²) >= 11 is 3.41. The van der Waals surface area contributed by atoms with Gasteiger partial charge in [-0.3, -0.25) is 0 Å². The molecule has 56 valence electrons. The summed E-state index contributed by atoms with van der Waals surface area (Å²) in [5.74, 6) is 0. The molecule has 0 atom stereocenters. The van der Waals surface area contributed by atoms with Crippen LogP contribution in [-0.2, 0) is 5.41 Å². The molecule has 2 nitrogen and oxygen atoms in total. The van der Waals surface area contributed by atoms with Gasteiger partial charge in [0.1, 0.15) is 6.26 Å². The molecule has 0 aromatic carbocycles. The van der Waals surface area contributed by atoms with Crippen LogP contribution in [0.4, 0.5) is 0 Å². The van der Waals surface area contributed by atoms with Crippen LogP contribution in [0.3, 0.4) is 0 Å². The molecule has 0 unspecified atom stereocenters. The van der Waals surface area contributed by atoms with Gasteiger partial charge in [0.05, 0.1) is 5.69 Å². The van der Waals surface area contributed by atoms with E-state index in [2.05, 4.69) is 34.9 Å². The molecular weight excluding hydrogens is 194 g/mol. The fourth-order valence-electron chi connectivity index (χ4n) is 0.630. The number of hydrogen-bond acceptors (Lipinski definition) is 2. The number of nitrogens with zero attached hydrogens (tertiary/aromatic N) is 1. The highest BCUT2D eigenvalue weighted by atomic mass is 79.9. The lowest BCUT2D eigenvalue weighted by Crippen LogP contribution is -2.18. The van der Waals surface area contributed by atoms with Crippen LogP contribution < -0.4 is 0 Å². The fraction of sp³-hybridized carbons (Fsp3) is 0.571. The van der Waals surface area contributed by atoms with Gasteiger partial charge in [0.25, 0.3) is 0 Å². The average molecular weight is 204 g/mol. The minimum atomic E-state index is 0.0764. The monoisotopic (exact) mass is 203 g/mol. The zero-order valence-electron chi connectivity index (χ0n) is 6.10. The molecule has 0 saturated heterocycles. The summed E-state index contributed by atoms with van der Waals surface area (Å²) < 4.78 is 4.73. The van der Waals surface area contributed by atoms with E-state index in [-0.39, 0.29) is 5.41 Å². The van der Waals surface area contributed by atoms with Crippen LogP contribution in [0, 0.1) is 0 Å². The summed E-state index contributed by atoms with van der Waals surface area (Å²) in [6, 6.07) is 1.89. The van der Waals surface area contributed by atoms with Gasteiger partial charge in [-0.05, 0) is 0 Å². The Hall–Kier alpha value is -0.310. The van der Waals surface area contributed by atoms with Gasteiger partial charge in [0.15, 0.2) is 0 Å². The number of hydrogen-bond donors (Lipinski definition) is 0. The predicted molar refractivity (Wildman–Crippen MR) is 43.3 cm³/mol. The highest BCUT2D eigenvalue weighted by Crippen LogP contribution is 2.22. The van der Waals surface area contributed by atoms with Gasteiger partial charge >= 0.3 is 0 Å². The van der Waals surface area contributed by atoms with Crippen molar-refractivity contribution < 1.29 is 4.52 Å². The largest absolute Gasteiger partial charge is 0.364 e. The van der Waals surface area contributed by atoms with Crippen LogP contribution in [0.2, 0.25) is 0 Å². The highest BCUT2D eigenvalue weighted by Gasteiger charge is 2.21. The maximum absolute atomic E-state index is 4.73. The summed E-state index contributed by atoms with van der Waals surface area (Å²) in [6.45, 7) is 4.22. The van der Waals surface area contributed by atoms with Crippen molar-refractivity contribution in [3.05, 3.63) is 18.0 Å². The number of rotatable bonds is 2. The predicted octanol–water partition coefficient (Wildman–Crippen LogP) is 2.35. The average Bonchev–Trinajstić information content (AvgIpc) is 2.38. The van der Waals surface area contributed by atoms with Gasteiger partial charge in [-0.2, -0.15) is 0 Å². The third-order valence-electron chi connectivity index (χ3n) is 1.47. The van der Waals surface area contributed by atoms with Crippen LogP contribution in [0.15, 0.2) is 16.9 Å². The maximum atomic E-state index is 4.73. The van der Waals surface area contributed by atoms with Crippen molar-refractivity contribution >= 4 is 15.9 Å². The van der Waals surface area contributed by atoms with Crippen molar-refractivity contribution in [2.45, 2.75) is 19.3 Å². The molecule has 0 aliphatic rings. The van der Waals surface area contributed by atoms with Crippen molar-refractivity contribution in [3.63, 3.8) is 0 Å². The molecule has 0 aliphatic heterocycles. The van der Waals surface area contributed by atoms with Crippen LogP contribution in [0.5, 0.6) is 0 Å². The van der Waals surface area contributed by atoms with E-state index in [1.165, 1.54) is 0 Å². The van der Waals surface area contributed by atoms with Crippen molar-refractivity contribution in [3.8, 4) is 0 Å². The smallest absolute Gasteiger partial charge is 0.124 e. The van der Waals surface area contributed by atoms with E-state index in [1.54, 1.807) is 6.26 Å². The van der Waals surface area contributed by atoms with Crippen LogP contribution in [-0.4, -0.2) is 10.5 Å². The Balaban J connectivity index is 2.85. The molecule has 10 heavy (non-hydrogen) atoms. The molecule has 1 heterocycles. The first-order valence-corrected chi connectivity index (χ1v) is 4.26. The molecule has 1 aromatic rings. The van der Waals surface area contributed by atoms with E-state index in [9.17, 15) is 0 Å². The maximum Gasteiger partial charge on any atom is 0.124 e. The minimum Gasteiger partial charge on any atom is -0.364 e. The Kier molecular flexibility index (Phi) is 2.14. The SMILES string of the molecule is CC(C)(CBr)c1ccon1. The van der Waals surface area contributed by atoms with Crippen LogP contribution in [0.1, 0.15) is 19.5 Å². The summed E-state index contributed by atoms with van der Waals surface area (Å²) in [5, 5.41) is 4.75. The minimum absolute atomic E-state index is 0.0764. The van der Waals surface area contributed by atoms with E-state index in [1.807, 2.05) is 6.07 Å². The molecule has 0 aliphatic carbocycles. The van der Waals surface area contributed by atoms with E-state index >= 15 is 0 Å². The Bertz CT molecular complexity index is 193. The lowest BCUT2D eigenvalue weighted by Gasteiger charge is -2.16. The summed E-state index contributed by atoms with van der Waals surface area (Å²) in [7, 11) is 0. The van der Waals surface area contributed by atoms with Crippen molar-refractivity contribution in [1.82, 2.24) is 5.16 Å². The Morgan fingerprint density at radius 1 is 1.70 bits per heavy atom. The lowest BCUT2D eigenvalue weighted by atomic mass is 9.93. The zero-order chi connectivity index (χ0) is 7.61. The molecule has 3 heteroatoms. The van der Waals surface area contributed by atoms with Crippen molar-refractivity contribution in [1.29, 1.82) is 0 Å². The number of halogens is 1. The van der Waals surface area contributed by atoms with E-state index in [0.717, 1.165) is 11.0 Å². The second-order valence-electron chi connectivity index (χ2n) is 2.90. The molecule has 0 radical (unpaired) electrons. The zero-order valence-corrected chi connectivity index (χ0v) is 7.68. The lowest BCUT2D eigenvalue weighted by molar-refractivity contribution is 0.394. The highest BCUT2D eigenvalue weighted by molar-refractivity contribution is 9.09. The molecular formula is C7H10BrNO. The van der Waals surface area contributed by atoms with Crippen molar-refractivity contribution in [2.75, 3.05) is 5.33 Å². The third-order valence-corrected chi connectivity index (χ3v) is 2.87. The first-order valence-electron chi connectivity index (χ1n) is 3.13. The van der Waals surface area contributed by atoms with E-state index < -0.39 is 0 Å². The van der Waals surface area contributed by atoms with Gasteiger partial charge < -0.3 is 4.52 Å². The Morgan fingerprint density at radius 2 is 2.40 bits per heavy atom. The van der Waals surface area contributed by atoms with Gasteiger partial charge in [-0.15, -0.1) is 0 Å². The van der Waals surface area contributed by atoms with Gasteiger partial charge in [0, 0.05) is 16.8 Å². The van der Waals surface area contributed by atoms with E-state index in [0.29, 0.717) is 0 Å². The first-order chi connectivity index (χ1) is 4.67. The summed E-state index contributed by atoms with van der Waals surface area (Å²) in [5.41, 5.74) is 1.07. The molecule has 0 saturated carbocycles. The Morgan fingerprint density at radius 3 is 2.80 bits per heavy atom. The van der Waals surface area contributed by atoms with Gasteiger partial charge in [0.2, 0.25) is 0 Å². The standard InChI is InChI=1S/C7H10BrNO/c1-7(2,5-8)6-3-4-10-9-6/h3-4H,5H2,1-2H3. The normalized spacial score (nSPS) is 11.9. The fourth-order valence-corrected chi connectivity index (χ4v) is 0.917. The second-order valence-corrected chi connectivity index (χ2v) is 3.46. The summed E-state index contributed by atoms with van der Waals surface area (Å²) in [6.07, 6.45) is 1.60. The molecule has 0 N–H and O–H groups in total. The molecule has 0 spiro atoms. The van der Waals surface area contributed by atoms with Crippen LogP contribution >= 0.6 is 15.9 Å². The summed E-state index contributed by atoms with van der Waals surface area (Å²) in [4.78, 5) is 0. The first kappa shape index (κ1) is 7.79. The quantitative estimate of drug-likeness (QED) is 0.691. The van der Waals surface area contributed by atoms with Crippen molar-refractivity contribution in [2.24, 2.45) is 0 Å². The molecule has 0 bridgehead atoms. The Labute approximate surface area is 68.7 Å². The number of aromatic nitrogens is 1. The molecule has 0 amide bonds. The van der Waals surface area contributed by atoms with E-state index in [4.69, 9.17) is 4.52 Å². The molecule has 1 rings (SSSR count). The van der Waals surface area contributed by atoms with Gasteiger partial charge in [-0.25, -0.2) is 0 Å². The number of alkyl halides is 1. The topological polar surface area (TPSA) is 26.0 Å². The second kappa shape index (κ2) is 2.74.